The summed E-state index contributed by atoms with van der Waals surface area (Å²) in [6.45, 7) is 2.73. The highest BCUT2D eigenvalue weighted by molar-refractivity contribution is 9.10. The Morgan fingerprint density at radius 2 is 2.25 bits per heavy atom. The largest absolute Gasteiger partial charge is 0.377 e. The minimum absolute atomic E-state index is 0.665. The van der Waals surface area contributed by atoms with Crippen LogP contribution in [0.1, 0.15) is 11.4 Å². The predicted octanol–water partition coefficient (Wildman–Crippen LogP) is 2.50. The highest BCUT2D eigenvalue weighted by Crippen LogP contribution is 2.25. The number of anilines is 1. The molecule has 2 aromatic rings. The summed E-state index contributed by atoms with van der Waals surface area (Å²) in [6, 6.07) is 6.13. The fraction of sp³-hybridized carbons (Fsp3) is 0.273. The van der Waals surface area contributed by atoms with Crippen molar-refractivity contribution in [3.05, 3.63) is 40.4 Å². The van der Waals surface area contributed by atoms with Crippen LogP contribution in [0.4, 0.5) is 5.69 Å². The third-order valence-electron chi connectivity index (χ3n) is 2.43. The average molecular weight is 281 g/mol. The zero-order chi connectivity index (χ0) is 11.5. The molecule has 0 bridgehead atoms. The Morgan fingerprint density at radius 3 is 2.94 bits per heavy atom. The Hall–Kier alpha value is -1.36. The maximum atomic E-state index is 4.02. The first kappa shape index (κ1) is 11.1. The van der Waals surface area contributed by atoms with Gasteiger partial charge in [0.25, 0.3) is 0 Å². The molecule has 1 N–H and O–H groups in total. The Bertz CT molecular complexity index is 492. The topological polar surface area (TPSA) is 42.7 Å². The van der Waals surface area contributed by atoms with E-state index in [0.717, 1.165) is 16.0 Å². The highest BCUT2D eigenvalue weighted by atomic mass is 79.9. The van der Waals surface area contributed by atoms with Crippen LogP contribution >= 0.6 is 15.9 Å². The molecule has 0 fully saturated rings. The quantitative estimate of drug-likeness (QED) is 0.940. The Morgan fingerprint density at radius 1 is 1.44 bits per heavy atom. The normalized spacial score (nSPS) is 10.4. The van der Waals surface area contributed by atoms with Crippen molar-refractivity contribution in [3.63, 3.8) is 0 Å². The van der Waals surface area contributed by atoms with Gasteiger partial charge >= 0.3 is 0 Å². The number of hydrogen-bond donors (Lipinski definition) is 1. The molecule has 0 aliphatic rings. The SMILES string of the molecule is Cc1cccc(NCc2nncn2C)c1Br. The van der Waals surface area contributed by atoms with Gasteiger partial charge in [-0.15, -0.1) is 10.2 Å². The predicted molar refractivity (Wildman–Crippen MR) is 67.2 cm³/mol. The molecular weight excluding hydrogens is 268 g/mol. The van der Waals surface area contributed by atoms with Crippen LogP contribution in [0, 0.1) is 6.92 Å². The Kier molecular flexibility index (Phi) is 3.24. The van der Waals surface area contributed by atoms with Crippen LogP contribution in [-0.2, 0) is 13.6 Å². The lowest BCUT2D eigenvalue weighted by Crippen LogP contribution is -2.06. The smallest absolute Gasteiger partial charge is 0.151 e. The van der Waals surface area contributed by atoms with Crippen LogP contribution in [0.2, 0.25) is 0 Å². The van der Waals surface area contributed by atoms with E-state index in [9.17, 15) is 0 Å². The molecule has 1 aromatic carbocycles. The lowest BCUT2D eigenvalue weighted by molar-refractivity contribution is 0.812. The summed E-state index contributed by atoms with van der Waals surface area (Å²) in [5.74, 6) is 0.911. The molecule has 2 rings (SSSR count). The minimum Gasteiger partial charge on any atom is -0.377 e. The lowest BCUT2D eigenvalue weighted by atomic mass is 10.2. The van der Waals surface area contributed by atoms with Crippen molar-refractivity contribution in [1.82, 2.24) is 14.8 Å². The van der Waals surface area contributed by atoms with E-state index in [0.29, 0.717) is 6.54 Å². The van der Waals surface area contributed by atoms with Crippen LogP contribution in [0.25, 0.3) is 0 Å². The third kappa shape index (κ3) is 2.24. The number of nitrogens with zero attached hydrogens (tertiary/aromatic N) is 3. The summed E-state index contributed by atoms with van der Waals surface area (Å²) in [5.41, 5.74) is 2.28. The second-order valence-electron chi connectivity index (χ2n) is 3.65. The van der Waals surface area contributed by atoms with Crippen LogP contribution in [0.5, 0.6) is 0 Å². The van der Waals surface area contributed by atoms with Gasteiger partial charge in [0.15, 0.2) is 5.82 Å². The van der Waals surface area contributed by atoms with Crippen LogP contribution < -0.4 is 5.32 Å². The van der Waals surface area contributed by atoms with E-state index in [1.807, 2.05) is 23.7 Å². The number of aromatic nitrogens is 3. The number of hydrogen-bond acceptors (Lipinski definition) is 3. The molecule has 0 radical (unpaired) electrons. The molecule has 0 atom stereocenters. The van der Waals surface area contributed by atoms with E-state index >= 15 is 0 Å². The zero-order valence-corrected chi connectivity index (χ0v) is 10.8. The Labute approximate surface area is 103 Å². The zero-order valence-electron chi connectivity index (χ0n) is 9.24. The first-order valence-corrected chi connectivity index (χ1v) is 5.79. The van der Waals surface area contributed by atoms with E-state index in [2.05, 4.69) is 44.4 Å². The standard InChI is InChI=1S/C11H13BrN4/c1-8-4-3-5-9(11(8)12)13-6-10-15-14-7-16(10)2/h3-5,7,13H,6H2,1-2H3. The van der Waals surface area contributed by atoms with Gasteiger partial charge in [-0.1, -0.05) is 12.1 Å². The molecule has 0 unspecified atom stereocenters. The monoisotopic (exact) mass is 280 g/mol. The molecule has 4 nitrogen and oxygen atoms in total. The van der Waals surface area contributed by atoms with Crippen LogP contribution in [0.15, 0.2) is 29.0 Å². The van der Waals surface area contributed by atoms with E-state index in [1.54, 1.807) is 6.33 Å². The summed E-state index contributed by atoms with van der Waals surface area (Å²) in [4.78, 5) is 0. The number of nitrogens with one attached hydrogen (secondary N) is 1. The molecule has 1 aromatic heterocycles. The Balaban J connectivity index is 2.11. The van der Waals surface area contributed by atoms with E-state index in [1.165, 1.54) is 5.56 Å². The van der Waals surface area contributed by atoms with Gasteiger partial charge in [-0.05, 0) is 34.5 Å². The first-order valence-electron chi connectivity index (χ1n) is 5.00. The van der Waals surface area contributed by atoms with Crippen molar-refractivity contribution in [2.75, 3.05) is 5.32 Å². The fourth-order valence-corrected chi connectivity index (χ4v) is 1.83. The molecular formula is C11H13BrN4. The molecule has 0 aliphatic heterocycles. The number of halogens is 1. The summed E-state index contributed by atoms with van der Waals surface area (Å²) in [6.07, 6.45) is 1.70. The van der Waals surface area contributed by atoms with E-state index in [-0.39, 0.29) is 0 Å². The molecule has 0 aliphatic carbocycles. The van der Waals surface area contributed by atoms with E-state index in [4.69, 9.17) is 0 Å². The van der Waals surface area contributed by atoms with Gasteiger partial charge in [0.2, 0.25) is 0 Å². The molecule has 0 spiro atoms. The maximum Gasteiger partial charge on any atom is 0.151 e. The van der Waals surface area contributed by atoms with Crippen molar-refractivity contribution in [2.24, 2.45) is 7.05 Å². The summed E-state index contributed by atoms with van der Waals surface area (Å²) < 4.78 is 2.99. The van der Waals surface area contributed by atoms with Gasteiger partial charge in [-0.25, -0.2) is 0 Å². The van der Waals surface area contributed by atoms with Crippen molar-refractivity contribution >= 4 is 21.6 Å². The van der Waals surface area contributed by atoms with Crippen molar-refractivity contribution in [1.29, 1.82) is 0 Å². The van der Waals surface area contributed by atoms with Gasteiger partial charge < -0.3 is 9.88 Å². The van der Waals surface area contributed by atoms with Crippen LogP contribution in [-0.4, -0.2) is 14.8 Å². The van der Waals surface area contributed by atoms with Crippen molar-refractivity contribution in [2.45, 2.75) is 13.5 Å². The van der Waals surface area contributed by atoms with Gasteiger partial charge in [-0.2, -0.15) is 0 Å². The lowest BCUT2D eigenvalue weighted by Gasteiger charge is -2.09. The highest BCUT2D eigenvalue weighted by Gasteiger charge is 2.04. The molecule has 0 amide bonds. The minimum atomic E-state index is 0.665. The number of aryl methyl sites for hydroxylation is 2. The molecule has 16 heavy (non-hydrogen) atoms. The average Bonchev–Trinajstić information content (AvgIpc) is 2.67. The molecule has 5 heteroatoms. The van der Waals surface area contributed by atoms with Crippen LogP contribution in [0.3, 0.4) is 0 Å². The van der Waals surface area contributed by atoms with Gasteiger partial charge in [0, 0.05) is 17.2 Å². The van der Waals surface area contributed by atoms with E-state index < -0.39 is 0 Å². The maximum absolute atomic E-state index is 4.02. The molecule has 84 valence electrons. The molecule has 0 saturated carbocycles. The second-order valence-corrected chi connectivity index (χ2v) is 4.44. The van der Waals surface area contributed by atoms with Gasteiger partial charge in [0.05, 0.1) is 6.54 Å². The van der Waals surface area contributed by atoms with Crippen molar-refractivity contribution in [3.8, 4) is 0 Å². The van der Waals surface area contributed by atoms with Gasteiger partial charge in [-0.3, -0.25) is 0 Å². The third-order valence-corrected chi connectivity index (χ3v) is 3.49. The summed E-state index contributed by atoms with van der Waals surface area (Å²) >= 11 is 3.56. The van der Waals surface area contributed by atoms with Gasteiger partial charge in [0.1, 0.15) is 6.33 Å². The number of rotatable bonds is 3. The fourth-order valence-electron chi connectivity index (χ4n) is 1.43. The molecule has 1 heterocycles. The number of benzene rings is 1. The summed E-state index contributed by atoms with van der Waals surface area (Å²) in [7, 11) is 1.93. The van der Waals surface area contributed by atoms with Crippen molar-refractivity contribution < 1.29 is 0 Å². The first-order chi connectivity index (χ1) is 7.68. The molecule has 0 saturated heterocycles. The summed E-state index contributed by atoms with van der Waals surface area (Å²) in [5, 5.41) is 11.2. The second kappa shape index (κ2) is 4.65.